The normalized spacial score (nSPS) is 12.2. The summed E-state index contributed by atoms with van der Waals surface area (Å²) in [4.78, 5) is 22.1. The molecular weight excluding hydrogens is 266 g/mol. The Bertz CT molecular complexity index is 605. The zero-order chi connectivity index (χ0) is 14.7. The molecule has 2 rings (SSSR count). The van der Waals surface area contributed by atoms with Crippen LogP contribution in [0, 0.1) is 0 Å². The number of nitrogens with two attached hydrogens (primary N) is 3. The summed E-state index contributed by atoms with van der Waals surface area (Å²) in [7, 11) is 0. The number of carbonyl (C=O) groups is 1. The van der Waals surface area contributed by atoms with Crippen molar-refractivity contribution in [2.75, 3.05) is 11.5 Å². The van der Waals surface area contributed by atoms with E-state index >= 15 is 0 Å². The summed E-state index contributed by atoms with van der Waals surface area (Å²) < 4.78 is 1.43. The SMILES string of the molecule is Nc1nc(N)nc(Cn2cc(CC(N)C(=O)O)nn2)n1. The van der Waals surface area contributed by atoms with Crippen LogP contribution in [-0.2, 0) is 17.8 Å². The number of anilines is 2. The Kier molecular flexibility index (Phi) is 3.70. The smallest absolute Gasteiger partial charge is 0.320 e. The van der Waals surface area contributed by atoms with E-state index in [1.807, 2.05) is 0 Å². The minimum atomic E-state index is -1.10. The monoisotopic (exact) mass is 279 g/mol. The second kappa shape index (κ2) is 5.44. The van der Waals surface area contributed by atoms with Crippen LogP contribution in [0.2, 0.25) is 0 Å². The van der Waals surface area contributed by atoms with Crippen LogP contribution >= 0.6 is 0 Å². The Hall–Kier alpha value is -2.82. The number of nitrogen functional groups attached to an aromatic ring is 2. The van der Waals surface area contributed by atoms with Crippen LogP contribution in [0.5, 0.6) is 0 Å². The Morgan fingerprint density at radius 1 is 1.30 bits per heavy atom. The topological polar surface area (TPSA) is 185 Å². The first-order valence-electron chi connectivity index (χ1n) is 5.57. The molecule has 0 saturated heterocycles. The van der Waals surface area contributed by atoms with E-state index in [2.05, 4.69) is 25.3 Å². The molecule has 0 bridgehead atoms. The van der Waals surface area contributed by atoms with Gasteiger partial charge in [-0.25, -0.2) is 4.68 Å². The number of hydrogen-bond acceptors (Lipinski definition) is 9. The fourth-order valence-electron chi connectivity index (χ4n) is 1.49. The van der Waals surface area contributed by atoms with Gasteiger partial charge >= 0.3 is 5.97 Å². The molecule has 0 aliphatic carbocycles. The Morgan fingerprint density at radius 2 is 1.95 bits per heavy atom. The Morgan fingerprint density at radius 3 is 2.55 bits per heavy atom. The predicted molar refractivity (Wildman–Crippen MR) is 67.1 cm³/mol. The molecule has 11 heteroatoms. The minimum absolute atomic E-state index is 0.0146. The van der Waals surface area contributed by atoms with Crippen LogP contribution in [0.25, 0.3) is 0 Å². The lowest BCUT2D eigenvalue weighted by Gasteiger charge is -2.02. The van der Waals surface area contributed by atoms with Crippen molar-refractivity contribution in [3.63, 3.8) is 0 Å². The van der Waals surface area contributed by atoms with Crippen molar-refractivity contribution in [1.82, 2.24) is 29.9 Å². The third-order valence-corrected chi connectivity index (χ3v) is 2.35. The summed E-state index contributed by atoms with van der Waals surface area (Å²) in [6.45, 7) is 0.187. The summed E-state index contributed by atoms with van der Waals surface area (Å²) in [6.07, 6.45) is 1.63. The maximum Gasteiger partial charge on any atom is 0.320 e. The van der Waals surface area contributed by atoms with Crippen molar-refractivity contribution in [1.29, 1.82) is 0 Å². The highest BCUT2D eigenvalue weighted by molar-refractivity contribution is 5.73. The molecular formula is C9H13N9O2. The molecule has 2 heterocycles. The molecule has 0 radical (unpaired) electrons. The maximum absolute atomic E-state index is 10.6. The number of aromatic nitrogens is 6. The van der Waals surface area contributed by atoms with Gasteiger partial charge in [0.05, 0.1) is 5.69 Å². The van der Waals surface area contributed by atoms with Gasteiger partial charge < -0.3 is 22.3 Å². The van der Waals surface area contributed by atoms with Gasteiger partial charge in [0.1, 0.15) is 12.6 Å². The molecule has 0 fully saturated rings. The first-order valence-corrected chi connectivity index (χ1v) is 5.57. The fraction of sp³-hybridized carbons (Fsp3) is 0.333. The molecule has 0 aliphatic heterocycles. The Labute approximate surface area is 112 Å². The standard InChI is InChI=1S/C9H13N9O2/c10-5(7(19)20)1-4-2-18(17-16-4)3-6-13-8(11)15-9(12)14-6/h2,5H,1,3,10H2,(H,19,20)(H4,11,12,13,14,15). The second-order valence-corrected chi connectivity index (χ2v) is 4.02. The van der Waals surface area contributed by atoms with Crippen molar-refractivity contribution in [2.24, 2.45) is 5.73 Å². The van der Waals surface area contributed by atoms with Gasteiger partial charge in [0.25, 0.3) is 0 Å². The molecule has 0 spiro atoms. The van der Waals surface area contributed by atoms with Crippen LogP contribution in [0.1, 0.15) is 11.5 Å². The highest BCUT2D eigenvalue weighted by atomic mass is 16.4. The number of nitrogens with zero attached hydrogens (tertiary/aromatic N) is 6. The number of hydrogen-bond donors (Lipinski definition) is 4. The van der Waals surface area contributed by atoms with E-state index < -0.39 is 12.0 Å². The summed E-state index contributed by atoms with van der Waals surface area (Å²) in [5, 5.41) is 16.3. The molecule has 0 amide bonds. The van der Waals surface area contributed by atoms with Crippen LogP contribution in [0.15, 0.2) is 6.20 Å². The number of carboxylic acid groups (broad SMARTS) is 1. The molecule has 11 nitrogen and oxygen atoms in total. The van der Waals surface area contributed by atoms with Crippen LogP contribution in [0.3, 0.4) is 0 Å². The van der Waals surface area contributed by atoms with Gasteiger partial charge in [0.2, 0.25) is 11.9 Å². The van der Waals surface area contributed by atoms with E-state index in [-0.39, 0.29) is 24.9 Å². The van der Waals surface area contributed by atoms with Crippen molar-refractivity contribution >= 4 is 17.9 Å². The molecule has 2 aromatic heterocycles. The van der Waals surface area contributed by atoms with Gasteiger partial charge in [0.15, 0.2) is 5.82 Å². The molecule has 20 heavy (non-hydrogen) atoms. The van der Waals surface area contributed by atoms with E-state index in [1.165, 1.54) is 4.68 Å². The molecule has 7 N–H and O–H groups in total. The van der Waals surface area contributed by atoms with Crippen LogP contribution in [0.4, 0.5) is 11.9 Å². The van der Waals surface area contributed by atoms with Gasteiger partial charge in [-0.15, -0.1) is 5.10 Å². The van der Waals surface area contributed by atoms with Gasteiger partial charge in [-0.3, -0.25) is 4.79 Å². The zero-order valence-electron chi connectivity index (χ0n) is 10.3. The molecule has 1 atom stereocenters. The quantitative estimate of drug-likeness (QED) is 0.460. The Balaban J connectivity index is 2.07. The molecule has 106 valence electrons. The number of aliphatic carboxylic acids is 1. The van der Waals surface area contributed by atoms with Crippen molar-refractivity contribution < 1.29 is 9.90 Å². The highest BCUT2D eigenvalue weighted by Gasteiger charge is 2.14. The second-order valence-electron chi connectivity index (χ2n) is 4.02. The van der Waals surface area contributed by atoms with Gasteiger partial charge in [0, 0.05) is 12.6 Å². The molecule has 2 aromatic rings. The maximum atomic E-state index is 10.6. The summed E-state index contributed by atoms with van der Waals surface area (Å²) in [6, 6.07) is -1.02. The fourth-order valence-corrected chi connectivity index (χ4v) is 1.49. The zero-order valence-corrected chi connectivity index (χ0v) is 10.3. The lowest BCUT2D eigenvalue weighted by molar-refractivity contribution is -0.138. The van der Waals surface area contributed by atoms with Crippen LogP contribution in [-0.4, -0.2) is 47.1 Å². The van der Waals surface area contributed by atoms with E-state index in [1.54, 1.807) is 6.20 Å². The first kappa shape index (κ1) is 13.6. The number of carboxylic acids is 1. The average molecular weight is 279 g/mol. The van der Waals surface area contributed by atoms with E-state index in [9.17, 15) is 4.79 Å². The van der Waals surface area contributed by atoms with Crippen molar-refractivity contribution in [2.45, 2.75) is 19.0 Å². The molecule has 0 aromatic carbocycles. The van der Waals surface area contributed by atoms with Gasteiger partial charge in [-0.2, -0.15) is 15.0 Å². The lowest BCUT2D eigenvalue weighted by Crippen LogP contribution is -2.32. The van der Waals surface area contributed by atoms with Gasteiger partial charge in [-0.05, 0) is 0 Å². The summed E-state index contributed by atoms with van der Waals surface area (Å²) >= 11 is 0. The minimum Gasteiger partial charge on any atom is -0.480 e. The van der Waals surface area contributed by atoms with E-state index in [4.69, 9.17) is 22.3 Å². The summed E-state index contributed by atoms with van der Waals surface area (Å²) in [5.74, 6) is -0.743. The predicted octanol–water partition coefficient (Wildman–Crippen LogP) is -2.37. The number of rotatable bonds is 5. The third kappa shape index (κ3) is 3.35. The molecule has 0 aliphatic rings. The summed E-state index contributed by atoms with van der Waals surface area (Å²) in [5.41, 5.74) is 16.8. The van der Waals surface area contributed by atoms with Crippen LogP contribution < -0.4 is 17.2 Å². The van der Waals surface area contributed by atoms with E-state index in [0.29, 0.717) is 11.5 Å². The lowest BCUT2D eigenvalue weighted by atomic mass is 10.2. The average Bonchev–Trinajstić information content (AvgIpc) is 2.74. The van der Waals surface area contributed by atoms with Crippen molar-refractivity contribution in [3.05, 3.63) is 17.7 Å². The molecule has 1 unspecified atom stereocenters. The molecule has 0 saturated carbocycles. The van der Waals surface area contributed by atoms with Gasteiger partial charge in [-0.1, -0.05) is 5.21 Å². The highest BCUT2D eigenvalue weighted by Crippen LogP contribution is 2.03. The first-order chi connectivity index (χ1) is 9.44. The van der Waals surface area contributed by atoms with E-state index in [0.717, 1.165) is 0 Å². The van der Waals surface area contributed by atoms with Crippen molar-refractivity contribution in [3.8, 4) is 0 Å². The third-order valence-electron chi connectivity index (χ3n) is 2.35. The largest absolute Gasteiger partial charge is 0.480 e.